The molecule has 0 aliphatic carbocycles. The second-order valence-electron chi connectivity index (χ2n) is 3.31. The minimum atomic E-state index is -4.77. The van der Waals surface area contributed by atoms with Gasteiger partial charge in [0.1, 0.15) is 17.8 Å². The summed E-state index contributed by atoms with van der Waals surface area (Å²) in [6.07, 6.45) is -2.33. The quantitative estimate of drug-likeness (QED) is 0.735. The van der Waals surface area contributed by atoms with Crippen molar-refractivity contribution < 1.29 is 22.0 Å². The zero-order valence-electron chi connectivity index (χ0n) is 8.59. The summed E-state index contributed by atoms with van der Waals surface area (Å²) in [5.74, 6) is -2.02. The van der Waals surface area contributed by atoms with Crippen LogP contribution in [0.4, 0.5) is 22.0 Å². The third kappa shape index (κ3) is 2.29. The van der Waals surface area contributed by atoms with E-state index < -0.39 is 34.8 Å². The fourth-order valence-corrected chi connectivity index (χ4v) is 1.32. The van der Waals surface area contributed by atoms with Crippen LogP contribution in [0.1, 0.15) is 5.69 Å². The topological polar surface area (TPSA) is 25.8 Å². The van der Waals surface area contributed by atoms with Gasteiger partial charge in [-0.1, -0.05) is 6.07 Å². The van der Waals surface area contributed by atoms with E-state index in [1.54, 1.807) is 6.20 Å². The van der Waals surface area contributed by atoms with Gasteiger partial charge in [0.15, 0.2) is 5.69 Å². The average molecular weight is 259 g/mol. The first-order chi connectivity index (χ1) is 8.39. The highest BCUT2D eigenvalue weighted by atomic mass is 19.4. The van der Waals surface area contributed by atoms with Crippen molar-refractivity contribution in [1.29, 1.82) is 0 Å². The molecule has 0 saturated carbocycles. The molecule has 2 rings (SSSR count). The number of alkyl halides is 3. The van der Waals surface area contributed by atoms with Crippen LogP contribution in [0.3, 0.4) is 0 Å². The lowest BCUT2D eigenvalue weighted by Crippen LogP contribution is -2.10. The molecule has 1 heterocycles. The van der Waals surface area contributed by atoms with Gasteiger partial charge in [0.05, 0.1) is 17.5 Å². The van der Waals surface area contributed by atoms with E-state index in [9.17, 15) is 22.0 Å². The van der Waals surface area contributed by atoms with Crippen LogP contribution in [0.25, 0.3) is 11.3 Å². The first-order valence-electron chi connectivity index (χ1n) is 4.66. The standard InChI is InChI=1S/C11H4F5N2/c12-6-2-1-3-7(13)10(6)8-4-17-5-9(18-8)11(14,15)16/h1-4H. The highest BCUT2D eigenvalue weighted by molar-refractivity contribution is 5.59. The van der Waals surface area contributed by atoms with Crippen LogP contribution < -0.4 is 0 Å². The van der Waals surface area contributed by atoms with E-state index in [1.807, 2.05) is 0 Å². The van der Waals surface area contributed by atoms with E-state index in [-0.39, 0.29) is 0 Å². The Morgan fingerprint density at radius 2 is 1.67 bits per heavy atom. The van der Waals surface area contributed by atoms with Gasteiger partial charge in [0, 0.05) is 0 Å². The van der Waals surface area contributed by atoms with Gasteiger partial charge in [-0.3, -0.25) is 0 Å². The van der Waals surface area contributed by atoms with Crippen LogP contribution in [0.5, 0.6) is 0 Å². The maximum Gasteiger partial charge on any atom is 0.435 e. The van der Waals surface area contributed by atoms with E-state index in [4.69, 9.17) is 0 Å². The largest absolute Gasteiger partial charge is 0.435 e. The molecular weight excluding hydrogens is 255 g/mol. The van der Waals surface area contributed by atoms with Gasteiger partial charge in [0.2, 0.25) is 0 Å². The predicted molar refractivity (Wildman–Crippen MR) is 51.2 cm³/mol. The Labute approximate surface area is 98.1 Å². The van der Waals surface area contributed by atoms with E-state index in [1.165, 1.54) is 0 Å². The van der Waals surface area contributed by atoms with Gasteiger partial charge in [-0.25, -0.2) is 18.7 Å². The molecule has 1 aromatic heterocycles. The molecule has 0 unspecified atom stereocenters. The fourth-order valence-electron chi connectivity index (χ4n) is 1.32. The zero-order valence-corrected chi connectivity index (χ0v) is 8.59. The number of aromatic nitrogens is 2. The second-order valence-corrected chi connectivity index (χ2v) is 3.31. The van der Waals surface area contributed by atoms with Gasteiger partial charge in [-0.05, 0) is 12.1 Å². The lowest BCUT2D eigenvalue weighted by Gasteiger charge is -2.07. The summed E-state index contributed by atoms with van der Waals surface area (Å²) in [5, 5.41) is 0. The smallest absolute Gasteiger partial charge is 0.250 e. The van der Waals surface area contributed by atoms with Crippen LogP contribution in [0.2, 0.25) is 0 Å². The molecule has 0 aliphatic rings. The SMILES string of the molecule is Fc1cccc(F)c1-c1cn[c]c(C(F)(F)F)n1. The van der Waals surface area contributed by atoms with Gasteiger partial charge in [0.25, 0.3) is 0 Å². The highest BCUT2D eigenvalue weighted by Gasteiger charge is 2.34. The molecule has 93 valence electrons. The fraction of sp³-hybridized carbons (Fsp3) is 0.0909. The van der Waals surface area contributed by atoms with Crippen molar-refractivity contribution in [2.45, 2.75) is 6.18 Å². The monoisotopic (exact) mass is 259 g/mol. The Kier molecular flexibility index (Phi) is 2.98. The average Bonchev–Trinajstić information content (AvgIpc) is 2.28. The third-order valence-corrected chi connectivity index (χ3v) is 2.08. The molecule has 18 heavy (non-hydrogen) atoms. The molecule has 1 radical (unpaired) electrons. The number of benzene rings is 1. The van der Waals surface area contributed by atoms with Crippen molar-refractivity contribution in [3.8, 4) is 11.3 Å². The first kappa shape index (κ1) is 12.4. The minimum absolute atomic E-state index is 0.531. The summed E-state index contributed by atoms with van der Waals surface area (Å²) < 4.78 is 63.8. The number of hydrogen-bond donors (Lipinski definition) is 0. The molecule has 2 nitrogen and oxygen atoms in total. The number of rotatable bonds is 1. The Morgan fingerprint density at radius 1 is 1.06 bits per heavy atom. The van der Waals surface area contributed by atoms with Crippen molar-refractivity contribution >= 4 is 0 Å². The van der Waals surface area contributed by atoms with Gasteiger partial charge >= 0.3 is 6.18 Å². The zero-order chi connectivity index (χ0) is 13.3. The van der Waals surface area contributed by atoms with E-state index in [0.717, 1.165) is 24.4 Å². The Hall–Kier alpha value is -2.05. The lowest BCUT2D eigenvalue weighted by atomic mass is 10.1. The molecule has 0 N–H and O–H groups in total. The lowest BCUT2D eigenvalue weighted by molar-refractivity contribution is -0.141. The van der Waals surface area contributed by atoms with Crippen molar-refractivity contribution in [3.05, 3.63) is 47.9 Å². The van der Waals surface area contributed by atoms with Crippen LogP contribution in [-0.4, -0.2) is 9.97 Å². The molecule has 2 aromatic rings. The van der Waals surface area contributed by atoms with Gasteiger partial charge < -0.3 is 0 Å². The summed E-state index contributed by atoms with van der Waals surface area (Å²) in [7, 11) is 0. The first-order valence-corrected chi connectivity index (χ1v) is 4.66. The van der Waals surface area contributed by atoms with Crippen molar-refractivity contribution in [1.82, 2.24) is 9.97 Å². The molecule has 0 spiro atoms. The molecular formula is C11H4F5N2. The summed E-state index contributed by atoms with van der Waals surface area (Å²) in [6, 6.07) is 2.94. The third-order valence-electron chi connectivity index (χ3n) is 2.08. The molecule has 0 aliphatic heterocycles. The molecule has 1 aromatic carbocycles. The summed E-state index contributed by atoms with van der Waals surface area (Å²) >= 11 is 0. The molecule has 7 heteroatoms. The highest BCUT2D eigenvalue weighted by Crippen LogP contribution is 2.29. The number of halogens is 5. The molecule has 0 amide bonds. The van der Waals surface area contributed by atoms with Crippen molar-refractivity contribution in [2.75, 3.05) is 0 Å². The minimum Gasteiger partial charge on any atom is -0.250 e. The number of nitrogens with zero attached hydrogens (tertiary/aromatic N) is 2. The summed E-state index contributed by atoms with van der Waals surface area (Å²) in [6.45, 7) is 0. The Balaban J connectivity index is 2.59. The molecule has 0 atom stereocenters. The summed E-state index contributed by atoms with van der Waals surface area (Å²) in [5.41, 5.74) is -2.61. The van der Waals surface area contributed by atoms with E-state index in [0.29, 0.717) is 0 Å². The second kappa shape index (κ2) is 4.32. The van der Waals surface area contributed by atoms with Crippen molar-refractivity contribution in [2.24, 2.45) is 0 Å². The van der Waals surface area contributed by atoms with Crippen LogP contribution in [-0.2, 0) is 6.18 Å². The van der Waals surface area contributed by atoms with Crippen LogP contribution in [0.15, 0.2) is 24.4 Å². The van der Waals surface area contributed by atoms with Gasteiger partial charge in [-0.2, -0.15) is 13.2 Å². The van der Waals surface area contributed by atoms with Crippen LogP contribution >= 0.6 is 0 Å². The van der Waals surface area contributed by atoms with Crippen LogP contribution in [0, 0.1) is 17.8 Å². The maximum absolute atomic E-state index is 13.4. The molecule has 0 saturated heterocycles. The van der Waals surface area contributed by atoms with Gasteiger partial charge in [-0.15, -0.1) is 0 Å². The van der Waals surface area contributed by atoms with Crippen molar-refractivity contribution in [3.63, 3.8) is 0 Å². The predicted octanol–water partition coefficient (Wildman–Crippen LogP) is 3.24. The Morgan fingerprint density at radius 3 is 2.22 bits per heavy atom. The Bertz CT molecular complexity index is 560. The van der Waals surface area contributed by atoms with E-state index >= 15 is 0 Å². The van der Waals surface area contributed by atoms with E-state index in [2.05, 4.69) is 9.97 Å². The summed E-state index contributed by atoms with van der Waals surface area (Å²) in [4.78, 5) is 6.28. The maximum atomic E-state index is 13.4. The number of hydrogen-bond acceptors (Lipinski definition) is 2. The molecule has 0 bridgehead atoms. The molecule has 0 fully saturated rings. The normalized spacial score (nSPS) is 11.6.